The van der Waals surface area contributed by atoms with E-state index in [1.54, 1.807) is 16.8 Å². The third kappa shape index (κ3) is 4.83. The Morgan fingerprint density at radius 2 is 1.80 bits per heavy atom. The molecule has 8 heteroatoms. The Balaban J connectivity index is 0.000000589. The van der Waals surface area contributed by atoms with Gasteiger partial charge in [-0.05, 0) is 31.0 Å². The molecule has 4 heterocycles. The van der Waals surface area contributed by atoms with Crippen molar-refractivity contribution in [3.05, 3.63) is 48.2 Å². The molecule has 7 nitrogen and oxygen atoms in total. The molecule has 4 aromatic rings. The number of hydroxylamine groups is 1. The fourth-order valence-corrected chi connectivity index (χ4v) is 3.23. The Bertz CT molecular complexity index is 1150. The molecule has 0 aliphatic heterocycles. The summed E-state index contributed by atoms with van der Waals surface area (Å²) in [5.74, 6) is 0.448. The molecule has 30 heavy (non-hydrogen) atoms. The van der Waals surface area contributed by atoms with Crippen LogP contribution >= 0.6 is 0 Å². The SMILES string of the molecule is C1CC1.CCCc1cc(C)c(-c2cc3cnc(N(C)O)cc3n3ncnc23)cn1.[U]. The van der Waals surface area contributed by atoms with Gasteiger partial charge in [0.1, 0.15) is 6.33 Å². The number of nitrogens with zero attached hydrogens (tertiary/aromatic N) is 6. The van der Waals surface area contributed by atoms with Crippen LogP contribution in [0.2, 0.25) is 0 Å². The van der Waals surface area contributed by atoms with Gasteiger partial charge in [0.2, 0.25) is 0 Å². The second kappa shape index (κ2) is 9.87. The minimum Gasteiger partial charge on any atom is -0.287 e. The monoisotopic (exact) mass is 628 g/mol. The maximum atomic E-state index is 9.66. The van der Waals surface area contributed by atoms with Crippen LogP contribution in [0.25, 0.3) is 27.7 Å². The molecule has 0 amide bonds. The molecule has 1 aliphatic rings. The molecule has 154 valence electrons. The number of anilines is 1. The first-order valence-corrected chi connectivity index (χ1v) is 10.1. The topological polar surface area (TPSA) is 79.4 Å². The van der Waals surface area contributed by atoms with E-state index in [0.717, 1.165) is 56.8 Å². The molecule has 0 bridgehead atoms. The molecule has 5 rings (SSSR count). The summed E-state index contributed by atoms with van der Waals surface area (Å²) in [4.78, 5) is 13.3. The van der Waals surface area contributed by atoms with Gasteiger partial charge in [0.15, 0.2) is 11.5 Å². The number of hydrogen-bond donors (Lipinski definition) is 1. The summed E-state index contributed by atoms with van der Waals surface area (Å²) in [6, 6.07) is 5.98. The van der Waals surface area contributed by atoms with E-state index in [4.69, 9.17) is 0 Å². The van der Waals surface area contributed by atoms with Crippen LogP contribution in [-0.4, -0.2) is 36.8 Å². The van der Waals surface area contributed by atoms with E-state index in [1.807, 2.05) is 6.20 Å². The molecule has 1 fully saturated rings. The van der Waals surface area contributed by atoms with Gasteiger partial charge in [0, 0.05) is 78.8 Å². The van der Waals surface area contributed by atoms with Crippen LogP contribution in [0.1, 0.15) is 43.9 Å². The molecule has 1 aliphatic carbocycles. The first-order valence-electron chi connectivity index (χ1n) is 10.1. The second-order valence-electron chi connectivity index (χ2n) is 7.48. The normalized spacial score (nSPS) is 12.3. The van der Waals surface area contributed by atoms with Crippen molar-refractivity contribution in [2.75, 3.05) is 12.1 Å². The predicted octanol–water partition coefficient (Wildman–Crippen LogP) is 4.60. The molecule has 0 unspecified atom stereocenters. The van der Waals surface area contributed by atoms with Gasteiger partial charge < -0.3 is 0 Å². The van der Waals surface area contributed by atoms with Crippen molar-refractivity contribution in [3.8, 4) is 11.1 Å². The molecule has 1 N–H and O–H groups in total. The van der Waals surface area contributed by atoms with E-state index in [9.17, 15) is 5.21 Å². The van der Waals surface area contributed by atoms with Crippen LogP contribution < -0.4 is 5.06 Å². The predicted molar refractivity (Wildman–Crippen MR) is 114 cm³/mol. The molecule has 0 atom stereocenters. The zero-order valence-corrected chi connectivity index (χ0v) is 21.8. The number of aromatic nitrogens is 5. The van der Waals surface area contributed by atoms with E-state index in [0.29, 0.717) is 5.82 Å². The Morgan fingerprint density at radius 1 is 1.03 bits per heavy atom. The van der Waals surface area contributed by atoms with Crippen LogP contribution in [0.4, 0.5) is 5.82 Å². The van der Waals surface area contributed by atoms with Crippen molar-refractivity contribution in [3.63, 3.8) is 0 Å². The minimum atomic E-state index is 0. The van der Waals surface area contributed by atoms with Crippen molar-refractivity contribution in [2.24, 2.45) is 0 Å². The van der Waals surface area contributed by atoms with E-state index in [1.165, 1.54) is 32.6 Å². The summed E-state index contributed by atoms with van der Waals surface area (Å²) in [5.41, 5.74) is 5.85. The van der Waals surface area contributed by atoms with E-state index >= 15 is 0 Å². The van der Waals surface area contributed by atoms with Gasteiger partial charge in [0.05, 0.1) is 5.52 Å². The minimum absolute atomic E-state index is 0. The van der Waals surface area contributed by atoms with Gasteiger partial charge in [-0.25, -0.2) is 19.5 Å². The number of fused-ring (bicyclic) bond motifs is 3. The average Bonchev–Trinajstić information content (AvgIpc) is 3.51. The van der Waals surface area contributed by atoms with Crippen molar-refractivity contribution < 1.29 is 36.3 Å². The smallest absolute Gasteiger partial charge is 0.163 e. The van der Waals surface area contributed by atoms with Gasteiger partial charge in [-0.1, -0.05) is 32.6 Å². The fraction of sp³-hybridized carbons (Fsp3) is 0.364. The quantitative estimate of drug-likeness (QED) is 0.333. The van der Waals surface area contributed by atoms with Crippen molar-refractivity contribution >= 4 is 22.4 Å². The van der Waals surface area contributed by atoms with Gasteiger partial charge in [0.25, 0.3) is 0 Å². The fourth-order valence-electron chi connectivity index (χ4n) is 3.23. The molecule has 4 aromatic heterocycles. The van der Waals surface area contributed by atoms with Crippen molar-refractivity contribution in [2.45, 2.75) is 46.0 Å². The molecule has 0 aromatic carbocycles. The third-order valence-corrected chi connectivity index (χ3v) is 4.86. The number of hydrogen-bond acceptors (Lipinski definition) is 6. The molecular weight excluding hydrogens is 602 g/mol. The summed E-state index contributed by atoms with van der Waals surface area (Å²) >= 11 is 0. The first kappa shape index (κ1) is 22.7. The van der Waals surface area contributed by atoms with Gasteiger partial charge >= 0.3 is 0 Å². The first-order chi connectivity index (χ1) is 14.1. The number of rotatable bonds is 4. The van der Waals surface area contributed by atoms with E-state index < -0.39 is 0 Å². The van der Waals surface area contributed by atoms with Crippen LogP contribution in [0.5, 0.6) is 0 Å². The zero-order valence-electron chi connectivity index (χ0n) is 17.6. The Hall–Kier alpha value is -2.01. The number of aryl methyl sites for hydroxylation is 2. The van der Waals surface area contributed by atoms with Crippen LogP contribution in [0.3, 0.4) is 0 Å². The average molecular weight is 629 g/mol. The second-order valence-corrected chi connectivity index (χ2v) is 7.48. The molecule has 0 saturated heterocycles. The zero-order chi connectivity index (χ0) is 20.4. The van der Waals surface area contributed by atoms with Crippen molar-refractivity contribution in [1.82, 2.24) is 24.6 Å². The molecule has 1 saturated carbocycles. The van der Waals surface area contributed by atoms with Gasteiger partial charge in [-0.2, -0.15) is 5.10 Å². The summed E-state index contributed by atoms with van der Waals surface area (Å²) in [6.07, 6.45) is 11.7. The van der Waals surface area contributed by atoms with Crippen LogP contribution in [0, 0.1) is 38.0 Å². The van der Waals surface area contributed by atoms with Crippen molar-refractivity contribution in [1.29, 1.82) is 0 Å². The summed E-state index contributed by atoms with van der Waals surface area (Å²) in [5, 5.41) is 15.9. The maximum absolute atomic E-state index is 9.66. The Kier molecular flexibility index (Phi) is 7.46. The molecule has 0 spiro atoms. The van der Waals surface area contributed by atoms with E-state index in [2.05, 4.69) is 46.0 Å². The van der Waals surface area contributed by atoms with Gasteiger partial charge in [-0.15, -0.1) is 0 Å². The number of pyridine rings is 3. The summed E-state index contributed by atoms with van der Waals surface area (Å²) < 4.78 is 1.78. The standard InChI is InChI=1S/C19H20N6O.C3H6.U/c1-4-5-14-6-12(2)16(10-20-14)15-7-13-9-21-18(24(3)26)8-17(13)25-19(15)22-11-23-25;1-2-3-1;/h6-11,26H,4-5H2,1-3H3;1-3H2;. The molecule has 0 radical (unpaired) electrons. The van der Waals surface area contributed by atoms with E-state index in [-0.39, 0.29) is 31.1 Å². The van der Waals surface area contributed by atoms with Crippen LogP contribution in [-0.2, 0) is 6.42 Å². The van der Waals surface area contributed by atoms with Crippen LogP contribution in [0.15, 0.2) is 36.9 Å². The van der Waals surface area contributed by atoms with Gasteiger partial charge in [-0.3, -0.25) is 10.2 Å². The summed E-state index contributed by atoms with van der Waals surface area (Å²) in [7, 11) is 1.54. The maximum Gasteiger partial charge on any atom is 0.163 e. The Morgan fingerprint density at radius 3 is 2.43 bits per heavy atom. The summed E-state index contributed by atoms with van der Waals surface area (Å²) in [6.45, 7) is 4.24. The third-order valence-electron chi connectivity index (χ3n) is 4.86. The largest absolute Gasteiger partial charge is 0.287 e. The molecular formula is C22H26N6OU. The Labute approximate surface area is 199 Å².